The van der Waals surface area contributed by atoms with Crippen LogP contribution < -0.4 is 0 Å². The van der Waals surface area contributed by atoms with E-state index >= 15 is 0 Å². The molecule has 0 radical (unpaired) electrons. The van der Waals surface area contributed by atoms with Crippen molar-refractivity contribution in [1.82, 2.24) is 4.98 Å². The van der Waals surface area contributed by atoms with Gasteiger partial charge in [-0.05, 0) is 12.1 Å². The number of para-hydroxylation sites is 1. The first-order valence-electron chi connectivity index (χ1n) is 3.46. The Morgan fingerprint density at radius 3 is 3.00 bits per heavy atom. The van der Waals surface area contributed by atoms with Crippen molar-refractivity contribution in [2.24, 2.45) is 0 Å². The normalized spacial score (nSPS) is 10.8. The molecular formula is C8H6ClNOS. The Bertz CT molecular complexity index is 412. The summed E-state index contributed by atoms with van der Waals surface area (Å²) in [7, 11) is 0. The Kier molecular flexibility index (Phi) is 2.00. The number of rotatable bonds is 1. The maximum atomic E-state index is 8.83. The molecule has 62 valence electrons. The molecule has 0 spiro atoms. The lowest BCUT2D eigenvalue weighted by atomic mass is 10.3. The van der Waals surface area contributed by atoms with E-state index in [0.29, 0.717) is 10.0 Å². The van der Waals surface area contributed by atoms with Crippen molar-refractivity contribution >= 4 is 33.2 Å². The van der Waals surface area contributed by atoms with Crippen LogP contribution in [0.3, 0.4) is 0 Å². The number of halogens is 1. The number of hydrogen-bond acceptors (Lipinski definition) is 3. The van der Waals surface area contributed by atoms with Gasteiger partial charge in [0.15, 0.2) is 0 Å². The van der Waals surface area contributed by atoms with E-state index in [1.54, 1.807) is 6.07 Å². The topological polar surface area (TPSA) is 33.1 Å². The molecule has 0 saturated heterocycles. The van der Waals surface area contributed by atoms with E-state index in [-0.39, 0.29) is 6.61 Å². The smallest absolute Gasteiger partial charge is 0.119 e. The summed E-state index contributed by atoms with van der Waals surface area (Å²) in [6.45, 7) is -0.0182. The molecular weight excluding hydrogens is 194 g/mol. The van der Waals surface area contributed by atoms with E-state index in [9.17, 15) is 0 Å². The van der Waals surface area contributed by atoms with Crippen molar-refractivity contribution in [3.63, 3.8) is 0 Å². The predicted molar refractivity (Wildman–Crippen MR) is 50.6 cm³/mol. The maximum Gasteiger partial charge on any atom is 0.119 e. The van der Waals surface area contributed by atoms with E-state index in [1.807, 2.05) is 12.1 Å². The third-order valence-electron chi connectivity index (χ3n) is 1.55. The van der Waals surface area contributed by atoms with Gasteiger partial charge in [0.05, 0.1) is 16.3 Å². The number of nitrogens with zero attached hydrogens (tertiary/aromatic N) is 1. The minimum absolute atomic E-state index is 0.0182. The molecule has 0 aliphatic carbocycles. The van der Waals surface area contributed by atoms with Gasteiger partial charge in [0.25, 0.3) is 0 Å². The van der Waals surface area contributed by atoms with E-state index in [0.717, 1.165) is 10.2 Å². The van der Waals surface area contributed by atoms with E-state index in [4.69, 9.17) is 16.7 Å². The molecule has 2 nitrogen and oxygen atoms in total. The van der Waals surface area contributed by atoms with Crippen LogP contribution in [0.5, 0.6) is 0 Å². The molecule has 0 atom stereocenters. The molecule has 0 saturated carbocycles. The Morgan fingerprint density at radius 2 is 2.33 bits per heavy atom. The summed E-state index contributed by atoms with van der Waals surface area (Å²) in [5.74, 6) is 0. The standard InChI is InChI=1S/C8H6ClNOS/c9-5-2-1-3-6-8(5)10-7(4-11)12-6/h1-3,11H,4H2. The van der Waals surface area contributed by atoms with Gasteiger partial charge >= 0.3 is 0 Å². The van der Waals surface area contributed by atoms with Crippen LogP contribution in [0, 0.1) is 0 Å². The van der Waals surface area contributed by atoms with Crippen molar-refractivity contribution in [2.75, 3.05) is 0 Å². The molecule has 1 aromatic heterocycles. The van der Waals surface area contributed by atoms with Crippen LogP contribution in [0.2, 0.25) is 5.02 Å². The number of hydrogen-bond donors (Lipinski definition) is 1. The maximum absolute atomic E-state index is 8.83. The summed E-state index contributed by atoms with van der Waals surface area (Å²) >= 11 is 7.36. The van der Waals surface area contributed by atoms with Crippen LogP contribution in [0.1, 0.15) is 5.01 Å². The van der Waals surface area contributed by atoms with Crippen LogP contribution in [0.4, 0.5) is 0 Å². The van der Waals surface area contributed by atoms with Gasteiger partial charge in [0, 0.05) is 0 Å². The summed E-state index contributed by atoms with van der Waals surface area (Å²) in [6.07, 6.45) is 0. The molecule has 0 bridgehead atoms. The molecule has 12 heavy (non-hydrogen) atoms. The molecule has 1 N–H and O–H groups in total. The summed E-state index contributed by atoms with van der Waals surface area (Å²) in [6, 6.07) is 5.62. The number of aliphatic hydroxyl groups is 1. The number of aromatic nitrogens is 1. The average Bonchev–Trinajstić information content (AvgIpc) is 2.49. The molecule has 0 aliphatic heterocycles. The van der Waals surface area contributed by atoms with E-state index in [2.05, 4.69) is 4.98 Å². The Balaban J connectivity index is 2.74. The zero-order valence-electron chi connectivity index (χ0n) is 6.12. The largest absolute Gasteiger partial charge is 0.389 e. The van der Waals surface area contributed by atoms with E-state index < -0.39 is 0 Å². The lowest BCUT2D eigenvalue weighted by Crippen LogP contribution is -1.77. The first kappa shape index (κ1) is 7.98. The fourth-order valence-electron chi connectivity index (χ4n) is 1.03. The fourth-order valence-corrected chi connectivity index (χ4v) is 2.16. The summed E-state index contributed by atoms with van der Waals surface area (Å²) < 4.78 is 1.02. The van der Waals surface area contributed by atoms with Gasteiger partial charge in [0.2, 0.25) is 0 Å². The van der Waals surface area contributed by atoms with Crippen LogP contribution in [0.15, 0.2) is 18.2 Å². The molecule has 0 amide bonds. The average molecular weight is 200 g/mol. The van der Waals surface area contributed by atoms with Crippen LogP contribution in [0.25, 0.3) is 10.2 Å². The second-order valence-electron chi connectivity index (χ2n) is 2.35. The highest BCUT2D eigenvalue weighted by Crippen LogP contribution is 2.27. The number of fused-ring (bicyclic) bond motifs is 1. The highest BCUT2D eigenvalue weighted by molar-refractivity contribution is 7.18. The summed E-state index contributed by atoms with van der Waals surface area (Å²) in [5.41, 5.74) is 0.785. The van der Waals surface area contributed by atoms with Crippen LogP contribution in [-0.2, 0) is 6.61 Å². The van der Waals surface area contributed by atoms with Gasteiger partial charge in [-0.1, -0.05) is 17.7 Å². The first-order chi connectivity index (χ1) is 5.81. The first-order valence-corrected chi connectivity index (χ1v) is 4.65. The zero-order chi connectivity index (χ0) is 8.55. The third-order valence-corrected chi connectivity index (χ3v) is 2.86. The molecule has 0 aliphatic rings. The van der Waals surface area contributed by atoms with Crippen molar-refractivity contribution in [2.45, 2.75) is 6.61 Å². The van der Waals surface area contributed by atoms with Gasteiger partial charge in [-0.2, -0.15) is 0 Å². The van der Waals surface area contributed by atoms with Crippen molar-refractivity contribution in [3.8, 4) is 0 Å². The fraction of sp³-hybridized carbons (Fsp3) is 0.125. The molecule has 0 fully saturated rings. The van der Waals surface area contributed by atoms with E-state index in [1.165, 1.54) is 11.3 Å². The molecule has 2 rings (SSSR count). The lowest BCUT2D eigenvalue weighted by molar-refractivity contribution is 0.281. The summed E-state index contributed by atoms with van der Waals surface area (Å²) in [5, 5.41) is 10.2. The highest BCUT2D eigenvalue weighted by Gasteiger charge is 2.04. The molecule has 0 unspecified atom stereocenters. The Hall–Kier alpha value is -0.640. The van der Waals surface area contributed by atoms with Gasteiger partial charge in [0.1, 0.15) is 10.5 Å². The van der Waals surface area contributed by atoms with Gasteiger partial charge in [-0.3, -0.25) is 0 Å². The molecule has 1 heterocycles. The second kappa shape index (κ2) is 3.01. The third kappa shape index (κ3) is 1.20. The van der Waals surface area contributed by atoms with Crippen molar-refractivity contribution in [3.05, 3.63) is 28.2 Å². The Morgan fingerprint density at radius 1 is 1.50 bits per heavy atom. The molecule has 2 aromatic rings. The zero-order valence-corrected chi connectivity index (χ0v) is 7.69. The number of thiazole rings is 1. The minimum Gasteiger partial charge on any atom is -0.389 e. The van der Waals surface area contributed by atoms with Gasteiger partial charge < -0.3 is 5.11 Å². The predicted octanol–water partition coefficient (Wildman–Crippen LogP) is 2.44. The number of benzene rings is 1. The van der Waals surface area contributed by atoms with Crippen LogP contribution in [-0.4, -0.2) is 10.1 Å². The minimum atomic E-state index is -0.0182. The summed E-state index contributed by atoms with van der Waals surface area (Å²) in [4.78, 5) is 4.17. The molecule has 1 aromatic carbocycles. The molecule has 4 heteroatoms. The lowest BCUT2D eigenvalue weighted by Gasteiger charge is -1.88. The Labute approximate surface area is 78.4 Å². The van der Waals surface area contributed by atoms with Gasteiger partial charge in [-0.15, -0.1) is 11.3 Å². The number of aliphatic hydroxyl groups excluding tert-OH is 1. The van der Waals surface area contributed by atoms with Crippen LogP contribution >= 0.6 is 22.9 Å². The van der Waals surface area contributed by atoms with Crippen molar-refractivity contribution < 1.29 is 5.11 Å². The second-order valence-corrected chi connectivity index (χ2v) is 3.87. The van der Waals surface area contributed by atoms with Crippen molar-refractivity contribution in [1.29, 1.82) is 0 Å². The van der Waals surface area contributed by atoms with Gasteiger partial charge in [-0.25, -0.2) is 4.98 Å². The quantitative estimate of drug-likeness (QED) is 0.766. The highest BCUT2D eigenvalue weighted by atomic mass is 35.5. The monoisotopic (exact) mass is 199 g/mol. The SMILES string of the molecule is OCc1nc2c(Cl)cccc2s1.